The van der Waals surface area contributed by atoms with Crippen LogP contribution in [0, 0.1) is 17.8 Å². The summed E-state index contributed by atoms with van der Waals surface area (Å²) in [6.07, 6.45) is 11.4. The molecule has 1 atom stereocenters. The fourth-order valence-corrected chi connectivity index (χ4v) is 4.17. The quantitative estimate of drug-likeness (QED) is 0.113. The van der Waals surface area contributed by atoms with Gasteiger partial charge in [0.25, 0.3) is 0 Å². The molecule has 0 spiro atoms. The van der Waals surface area contributed by atoms with E-state index in [9.17, 15) is 4.79 Å². The van der Waals surface area contributed by atoms with Crippen LogP contribution in [-0.2, 0) is 4.74 Å². The first-order valence-electron chi connectivity index (χ1n) is 14.7. The molecule has 0 saturated carbocycles. The Morgan fingerprint density at radius 3 is 1.77 bits per heavy atom. The van der Waals surface area contributed by atoms with Gasteiger partial charge in [-0.1, -0.05) is 108 Å². The number of ether oxygens (including phenoxy) is 2. The zero-order chi connectivity index (χ0) is 27.7. The van der Waals surface area contributed by atoms with E-state index < -0.39 is 0 Å². The summed E-state index contributed by atoms with van der Waals surface area (Å²) in [5.41, 5.74) is 4.64. The minimum Gasteiger partial charge on any atom is -0.494 e. The highest BCUT2D eigenvalue weighted by atomic mass is 16.5. The van der Waals surface area contributed by atoms with Gasteiger partial charge in [-0.15, -0.1) is 0 Å². The Labute approximate surface area is 236 Å². The molecule has 3 heteroatoms. The molecule has 3 aromatic rings. The summed E-state index contributed by atoms with van der Waals surface area (Å²) in [7, 11) is 0. The summed E-state index contributed by atoms with van der Waals surface area (Å²) in [5, 5.41) is 0. The molecule has 0 radical (unpaired) electrons. The van der Waals surface area contributed by atoms with E-state index in [0.717, 1.165) is 47.5 Å². The molecular weight excluding hydrogens is 480 g/mol. The summed E-state index contributed by atoms with van der Waals surface area (Å²) < 4.78 is 11.3. The van der Waals surface area contributed by atoms with E-state index in [-0.39, 0.29) is 5.97 Å². The molecule has 0 aliphatic heterocycles. The lowest BCUT2D eigenvalue weighted by Crippen LogP contribution is -2.11. The van der Waals surface area contributed by atoms with Crippen LogP contribution in [-0.4, -0.2) is 19.2 Å². The Morgan fingerprint density at radius 2 is 1.21 bits per heavy atom. The zero-order valence-corrected chi connectivity index (χ0v) is 24.0. The monoisotopic (exact) mass is 524 g/mol. The van der Waals surface area contributed by atoms with Gasteiger partial charge in [-0.05, 0) is 72.0 Å². The van der Waals surface area contributed by atoms with Crippen molar-refractivity contribution < 1.29 is 14.3 Å². The second-order valence-electron chi connectivity index (χ2n) is 10.4. The van der Waals surface area contributed by atoms with Gasteiger partial charge in [0.15, 0.2) is 0 Å². The van der Waals surface area contributed by atoms with Crippen molar-refractivity contribution in [2.45, 2.75) is 78.6 Å². The minimum atomic E-state index is -0.268. The van der Waals surface area contributed by atoms with Crippen molar-refractivity contribution in [2.75, 3.05) is 13.2 Å². The minimum absolute atomic E-state index is 0.268. The predicted molar refractivity (Wildman–Crippen MR) is 162 cm³/mol. The molecule has 0 saturated heterocycles. The highest BCUT2D eigenvalue weighted by molar-refractivity contribution is 5.90. The first-order valence-corrected chi connectivity index (χ1v) is 14.7. The summed E-state index contributed by atoms with van der Waals surface area (Å²) in [4.78, 5) is 12.2. The summed E-state index contributed by atoms with van der Waals surface area (Å²) >= 11 is 0. The summed E-state index contributed by atoms with van der Waals surface area (Å²) in [5.74, 6) is 7.49. The van der Waals surface area contributed by atoms with Crippen LogP contribution in [0.5, 0.6) is 5.75 Å². The number of esters is 1. The molecule has 0 amide bonds. The van der Waals surface area contributed by atoms with Crippen LogP contribution in [0.2, 0.25) is 0 Å². The average molecular weight is 525 g/mol. The summed E-state index contributed by atoms with van der Waals surface area (Å²) in [6, 6.07) is 23.8. The maximum atomic E-state index is 12.2. The van der Waals surface area contributed by atoms with Gasteiger partial charge in [-0.2, -0.15) is 0 Å². The predicted octanol–water partition coefficient (Wildman–Crippen LogP) is 9.48. The number of carbonyl (C=O) groups excluding carboxylic acids is 1. The Bertz CT molecular complexity index is 1170. The van der Waals surface area contributed by atoms with Crippen LogP contribution in [0.1, 0.15) is 100 Å². The third-order valence-corrected chi connectivity index (χ3v) is 7.01. The molecule has 39 heavy (non-hydrogen) atoms. The third-order valence-electron chi connectivity index (χ3n) is 7.01. The van der Waals surface area contributed by atoms with Gasteiger partial charge in [0.1, 0.15) is 5.75 Å². The highest BCUT2D eigenvalue weighted by Crippen LogP contribution is 2.21. The van der Waals surface area contributed by atoms with Crippen molar-refractivity contribution in [1.29, 1.82) is 0 Å². The third kappa shape index (κ3) is 11.0. The van der Waals surface area contributed by atoms with Crippen molar-refractivity contribution in [3.63, 3.8) is 0 Å². The van der Waals surface area contributed by atoms with Gasteiger partial charge < -0.3 is 9.47 Å². The van der Waals surface area contributed by atoms with E-state index in [1.165, 1.54) is 44.9 Å². The van der Waals surface area contributed by atoms with E-state index in [1.807, 2.05) is 60.7 Å². The normalized spacial score (nSPS) is 11.4. The van der Waals surface area contributed by atoms with E-state index in [4.69, 9.17) is 9.47 Å². The molecule has 0 N–H and O–H groups in total. The topological polar surface area (TPSA) is 35.5 Å². The van der Waals surface area contributed by atoms with Crippen LogP contribution in [0.15, 0.2) is 72.8 Å². The van der Waals surface area contributed by atoms with E-state index >= 15 is 0 Å². The molecule has 0 unspecified atom stereocenters. The lowest BCUT2D eigenvalue weighted by atomic mass is 10.0. The molecule has 0 bridgehead atoms. The number of benzene rings is 3. The van der Waals surface area contributed by atoms with Gasteiger partial charge >= 0.3 is 5.97 Å². The molecular formula is C36H44O3. The van der Waals surface area contributed by atoms with Crippen molar-refractivity contribution in [3.8, 4) is 28.7 Å². The number of rotatable bonds is 15. The fourth-order valence-electron chi connectivity index (χ4n) is 4.17. The Morgan fingerprint density at radius 1 is 0.692 bits per heavy atom. The van der Waals surface area contributed by atoms with E-state index in [2.05, 4.69) is 44.7 Å². The van der Waals surface area contributed by atoms with Crippen molar-refractivity contribution in [3.05, 3.63) is 89.5 Å². The second-order valence-corrected chi connectivity index (χ2v) is 10.4. The smallest absolute Gasteiger partial charge is 0.338 e. The number of hydrogen-bond acceptors (Lipinski definition) is 3. The van der Waals surface area contributed by atoms with Crippen molar-refractivity contribution in [1.82, 2.24) is 0 Å². The Kier molecular flexibility index (Phi) is 13.2. The van der Waals surface area contributed by atoms with Crippen molar-refractivity contribution >= 4 is 5.97 Å². The van der Waals surface area contributed by atoms with Gasteiger partial charge in [-0.25, -0.2) is 4.79 Å². The molecule has 0 aromatic heterocycles. The van der Waals surface area contributed by atoms with Crippen LogP contribution in [0.4, 0.5) is 0 Å². The lowest BCUT2D eigenvalue weighted by Gasteiger charge is -2.10. The second kappa shape index (κ2) is 17.2. The molecule has 3 nitrogen and oxygen atoms in total. The van der Waals surface area contributed by atoms with E-state index in [1.54, 1.807) is 0 Å². The van der Waals surface area contributed by atoms with Crippen LogP contribution < -0.4 is 4.74 Å². The zero-order valence-electron chi connectivity index (χ0n) is 24.0. The van der Waals surface area contributed by atoms with Gasteiger partial charge in [0.2, 0.25) is 0 Å². The number of hydrogen-bond donors (Lipinski definition) is 0. The molecule has 0 aliphatic rings. The van der Waals surface area contributed by atoms with Crippen LogP contribution >= 0.6 is 0 Å². The number of carbonyl (C=O) groups is 1. The first kappa shape index (κ1) is 30.0. The Hall–Kier alpha value is -3.51. The fraction of sp³-hybridized carbons (Fsp3) is 0.417. The summed E-state index contributed by atoms with van der Waals surface area (Å²) in [6.45, 7) is 7.66. The molecule has 0 heterocycles. The first-order chi connectivity index (χ1) is 19.1. The molecule has 3 rings (SSSR count). The highest BCUT2D eigenvalue weighted by Gasteiger charge is 2.09. The van der Waals surface area contributed by atoms with Crippen LogP contribution in [0.25, 0.3) is 11.1 Å². The maximum Gasteiger partial charge on any atom is 0.338 e. The van der Waals surface area contributed by atoms with Crippen molar-refractivity contribution in [2.24, 2.45) is 5.92 Å². The number of unbranched alkanes of at least 4 members (excludes halogenated alkanes) is 7. The average Bonchev–Trinajstić information content (AvgIpc) is 2.98. The van der Waals surface area contributed by atoms with Gasteiger partial charge in [0.05, 0.1) is 18.8 Å². The largest absolute Gasteiger partial charge is 0.494 e. The maximum absolute atomic E-state index is 12.2. The Balaban J connectivity index is 1.43. The van der Waals surface area contributed by atoms with Gasteiger partial charge in [0, 0.05) is 11.1 Å². The SMILES string of the molecule is CCCCCCCCCCOc1ccc(C#Cc2ccc(-c3ccc(C(=O)OC[C@@H](C)CC)cc3)cc2)cc1. The molecule has 0 aliphatic carbocycles. The lowest BCUT2D eigenvalue weighted by molar-refractivity contribution is 0.0447. The molecule has 3 aromatic carbocycles. The van der Waals surface area contributed by atoms with E-state index in [0.29, 0.717) is 18.1 Å². The van der Waals surface area contributed by atoms with Gasteiger partial charge in [-0.3, -0.25) is 0 Å². The molecule has 0 fully saturated rings. The van der Waals surface area contributed by atoms with Crippen LogP contribution in [0.3, 0.4) is 0 Å². The molecule has 206 valence electrons. The standard InChI is InChI=1S/C36H44O3/c1-4-6-7-8-9-10-11-12-27-38-35-25-17-31(18-26-35)14-13-30-15-19-32(20-16-30)33-21-23-34(24-22-33)36(37)39-28-29(3)5-2/h15-26,29H,4-12,27-28H2,1-3H3/t29-/m0/s1.